The SMILES string of the molecule is Cc1[nH]c2ccc(F)cc2c1-c1csc(N[C@H]2CCC[C@@H](C)C2)n1. The number of hydrogen-bond acceptors (Lipinski definition) is 3. The summed E-state index contributed by atoms with van der Waals surface area (Å²) in [5, 5.41) is 7.53. The van der Waals surface area contributed by atoms with Gasteiger partial charge >= 0.3 is 0 Å². The minimum atomic E-state index is -0.215. The van der Waals surface area contributed by atoms with Crippen LogP contribution in [0.15, 0.2) is 23.6 Å². The number of H-pyrrole nitrogens is 1. The van der Waals surface area contributed by atoms with Crippen LogP contribution in [-0.4, -0.2) is 16.0 Å². The fourth-order valence-electron chi connectivity index (χ4n) is 3.82. The first kappa shape index (κ1) is 15.6. The molecule has 24 heavy (non-hydrogen) atoms. The van der Waals surface area contributed by atoms with Gasteiger partial charge in [-0.2, -0.15) is 0 Å². The number of anilines is 1. The molecule has 0 spiro atoms. The highest BCUT2D eigenvalue weighted by Gasteiger charge is 2.20. The molecule has 1 saturated carbocycles. The number of nitrogens with zero attached hydrogens (tertiary/aromatic N) is 1. The van der Waals surface area contributed by atoms with Crippen LogP contribution in [0.25, 0.3) is 22.2 Å². The number of nitrogens with one attached hydrogen (secondary N) is 2. The summed E-state index contributed by atoms with van der Waals surface area (Å²) in [6, 6.07) is 5.38. The fraction of sp³-hybridized carbons (Fsp3) is 0.421. The van der Waals surface area contributed by atoms with Crippen LogP contribution >= 0.6 is 11.3 Å². The molecule has 2 atom stereocenters. The Labute approximate surface area is 145 Å². The van der Waals surface area contributed by atoms with E-state index in [1.807, 2.05) is 6.92 Å². The Kier molecular flexibility index (Phi) is 4.04. The second kappa shape index (κ2) is 6.20. The number of aromatic amines is 1. The van der Waals surface area contributed by atoms with Crippen LogP contribution in [0.5, 0.6) is 0 Å². The van der Waals surface area contributed by atoms with Crippen LogP contribution < -0.4 is 5.32 Å². The molecule has 0 radical (unpaired) electrons. The van der Waals surface area contributed by atoms with Crippen molar-refractivity contribution in [3.05, 3.63) is 35.1 Å². The summed E-state index contributed by atoms with van der Waals surface area (Å²) in [4.78, 5) is 8.10. The van der Waals surface area contributed by atoms with Crippen molar-refractivity contribution in [3.8, 4) is 11.3 Å². The molecule has 4 rings (SSSR count). The number of rotatable bonds is 3. The lowest BCUT2D eigenvalue weighted by Crippen LogP contribution is -2.26. The summed E-state index contributed by atoms with van der Waals surface area (Å²) in [5.41, 5.74) is 3.90. The summed E-state index contributed by atoms with van der Waals surface area (Å²) >= 11 is 1.63. The van der Waals surface area contributed by atoms with Gasteiger partial charge in [0.15, 0.2) is 5.13 Å². The highest BCUT2D eigenvalue weighted by Crippen LogP contribution is 2.35. The topological polar surface area (TPSA) is 40.7 Å². The van der Waals surface area contributed by atoms with Crippen LogP contribution in [0.3, 0.4) is 0 Å². The highest BCUT2D eigenvalue weighted by molar-refractivity contribution is 7.14. The first-order valence-corrected chi connectivity index (χ1v) is 9.48. The number of thiazole rings is 1. The van der Waals surface area contributed by atoms with Crippen molar-refractivity contribution in [2.45, 2.75) is 45.6 Å². The summed E-state index contributed by atoms with van der Waals surface area (Å²) in [6.45, 7) is 4.34. The van der Waals surface area contributed by atoms with Crippen LogP contribution in [0, 0.1) is 18.7 Å². The van der Waals surface area contributed by atoms with E-state index in [-0.39, 0.29) is 5.82 Å². The zero-order valence-electron chi connectivity index (χ0n) is 14.0. The van der Waals surface area contributed by atoms with E-state index in [0.29, 0.717) is 6.04 Å². The molecular formula is C19H22FN3S. The number of aromatic nitrogens is 2. The molecule has 2 aromatic heterocycles. The molecule has 1 aliphatic carbocycles. The Morgan fingerprint density at radius 1 is 1.33 bits per heavy atom. The molecule has 1 fully saturated rings. The van der Waals surface area contributed by atoms with Gasteiger partial charge in [0, 0.05) is 33.6 Å². The van der Waals surface area contributed by atoms with E-state index in [9.17, 15) is 4.39 Å². The lowest BCUT2D eigenvalue weighted by atomic mass is 9.87. The summed E-state index contributed by atoms with van der Waals surface area (Å²) in [7, 11) is 0. The molecule has 0 bridgehead atoms. The highest BCUT2D eigenvalue weighted by atomic mass is 32.1. The minimum Gasteiger partial charge on any atom is -0.359 e. The predicted molar refractivity (Wildman–Crippen MR) is 99.1 cm³/mol. The van der Waals surface area contributed by atoms with E-state index < -0.39 is 0 Å². The maximum absolute atomic E-state index is 13.6. The third-order valence-electron chi connectivity index (χ3n) is 4.97. The van der Waals surface area contributed by atoms with Crippen molar-refractivity contribution in [1.82, 2.24) is 9.97 Å². The second-order valence-corrected chi connectivity index (χ2v) is 7.82. The molecule has 2 N–H and O–H groups in total. The summed E-state index contributed by atoms with van der Waals surface area (Å²) < 4.78 is 13.6. The van der Waals surface area contributed by atoms with Gasteiger partial charge in [0.2, 0.25) is 0 Å². The summed E-state index contributed by atoms with van der Waals surface area (Å²) in [5.74, 6) is 0.571. The first-order valence-electron chi connectivity index (χ1n) is 8.60. The van der Waals surface area contributed by atoms with Crippen molar-refractivity contribution in [1.29, 1.82) is 0 Å². The molecule has 1 aromatic carbocycles. The van der Waals surface area contributed by atoms with E-state index in [2.05, 4.69) is 22.6 Å². The Morgan fingerprint density at radius 2 is 2.21 bits per heavy atom. The maximum atomic E-state index is 13.6. The molecule has 0 amide bonds. The molecule has 0 unspecified atom stereocenters. The van der Waals surface area contributed by atoms with Crippen LogP contribution in [-0.2, 0) is 0 Å². The molecule has 1 aliphatic rings. The number of hydrogen-bond donors (Lipinski definition) is 2. The van der Waals surface area contributed by atoms with Gasteiger partial charge in [-0.1, -0.05) is 19.8 Å². The molecule has 5 heteroatoms. The Morgan fingerprint density at radius 3 is 3.04 bits per heavy atom. The van der Waals surface area contributed by atoms with Crippen molar-refractivity contribution in [2.24, 2.45) is 5.92 Å². The maximum Gasteiger partial charge on any atom is 0.183 e. The number of halogens is 1. The van der Waals surface area contributed by atoms with Crippen molar-refractivity contribution in [2.75, 3.05) is 5.32 Å². The van der Waals surface area contributed by atoms with E-state index in [4.69, 9.17) is 4.98 Å². The third-order valence-corrected chi connectivity index (χ3v) is 5.75. The molecule has 0 aliphatic heterocycles. The Bertz CT molecular complexity index is 867. The largest absolute Gasteiger partial charge is 0.359 e. The number of aryl methyl sites for hydroxylation is 1. The van der Waals surface area contributed by atoms with Crippen LogP contribution in [0.1, 0.15) is 38.3 Å². The monoisotopic (exact) mass is 343 g/mol. The number of benzene rings is 1. The average Bonchev–Trinajstić information content (AvgIpc) is 3.10. The Balaban J connectivity index is 1.63. The number of fused-ring (bicyclic) bond motifs is 1. The van der Waals surface area contributed by atoms with E-state index >= 15 is 0 Å². The smallest absolute Gasteiger partial charge is 0.183 e. The molecule has 3 aromatic rings. The lowest BCUT2D eigenvalue weighted by molar-refractivity contribution is 0.358. The quantitative estimate of drug-likeness (QED) is 0.637. The van der Waals surface area contributed by atoms with E-state index in [0.717, 1.165) is 38.9 Å². The normalized spacial score (nSPS) is 21.3. The van der Waals surface area contributed by atoms with Gasteiger partial charge in [0.25, 0.3) is 0 Å². The van der Waals surface area contributed by atoms with Gasteiger partial charge in [0.05, 0.1) is 5.69 Å². The molecule has 3 nitrogen and oxygen atoms in total. The lowest BCUT2D eigenvalue weighted by Gasteiger charge is -2.27. The zero-order valence-corrected chi connectivity index (χ0v) is 14.8. The average molecular weight is 343 g/mol. The van der Waals surface area contributed by atoms with Crippen molar-refractivity contribution < 1.29 is 4.39 Å². The second-order valence-electron chi connectivity index (χ2n) is 6.97. The molecular weight excluding hydrogens is 321 g/mol. The van der Waals surface area contributed by atoms with Crippen molar-refractivity contribution in [3.63, 3.8) is 0 Å². The van der Waals surface area contributed by atoms with Gasteiger partial charge in [0.1, 0.15) is 5.82 Å². The van der Waals surface area contributed by atoms with Gasteiger partial charge in [-0.05, 0) is 43.9 Å². The van der Waals surface area contributed by atoms with Crippen LogP contribution in [0.4, 0.5) is 9.52 Å². The van der Waals surface area contributed by atoms with E-state index in [1.165, 1.54) is 31.7 Å². The summed E-state index contributed by atoms with van der Waals surface area (Å²) in [6.07, 6.45) is 5.06. The van der Waals surface area contributed by atoms with Crippen LogP contribution in [0.2, 0.25) is 0 Å². The first-order chi connectivity index (χ1) is 11.6. The van der Waals surface area contributed by atoms with Gasteiger partial charge in [-0.25, -0.2) is 9.37 Å². The fourth-order valence-corrected chi connectivity index (χ4v) is 4.60. The Hall–Kier alpha value is -1.88. The third kappa shape index (κ3) is 2.93. The predicted octanol–water partition coefficient (Wildman–Crippen LogP) is 5.73. The molecule has 126 valence electrons. The zero-order chi connectivity index (χ0) is 16.7. The minimum absolute atomic E-state index is 0.215. The van der Waals surface area contributed by atoms with Gasteiger partial charge < -0.3 is 10.3 Å². The van der Waals surface area contributed by atoms with Crippen molar-refractivity contribution >= 4 is 27.4 Å². The standard InChI is InChI=1S/C19H22FN3S/c1-11-4-3-5-14(8-11)22-19-23-17(10-24-19)18-12(2)21-16-7-6-13(20)9-15(16)18/h6-7,9-11,14,21H,3-5,8H2,1-2H3,(H,22,23)/t11-,14+/m1/s1. The van der Waals surface area contributed by atoms with E-state index in [1.54, 1.807) is 23.5 Å². The van der Waals surface area contributed by atoms with Gasteiger partial charge in [-0.3, -0.25) is 0 Å². The molecule has 2 heterocycles. The van der Waals surface area contributed by atoms with Gasteiger partial charge in [-0.15, -0.1) is 11.3 Å². The molecule has 0 saturated heterocycles.